The summed E-state index contributed by atoms with van der Waals surface area (Å²) >= 11 is 0. The quantitative estimate of drug-likeness (QED) is 0.818. The molecular formula is C20H17F3N2O3. The average molecular weight is 390 g/mol. The SMILES string of the molecule is COc1cc(C#N)ccc1OCC(=O)N[C@H]1C[C@@H]1c1cccc(C(F)(F)F)c1. The van der Waals surface area contributed by atoms with Crippen LogP contribution in [0.2, 0.25) is 0 Å². The Bertz CT molecular complexity index is 922. The summed E-state index contributed by atoms with van der Waals surface area (Å²) in [5.74, 6) is 0.128. The molecule has 0 spiro atoms. The fourth-order valence-electron chi connectivity index (χ4n) is 2.92. The summed E-state index contributed by atoms with van der Waals surface area (Å²) in [7, 11) is 1.42. The fraction of sp³-hybridized carbons (Fsp3) is 0.300. The van der Waals surface area contributed by atoms with E-state index < -0.39 is 11.7 Å². The molecule has 0 radical (unpaired) electrons. The van der Waals surface area contributed by atoms with Crippen molar-refractivity contribution >= 4 is 5.91 Å². The second-order valence-electron chi connectivity index (χ2n) is 6.41. The predicted octanol–water partition coefficient (Wildman–Crippen LogP) is 3.64. The van der Waals surface area contributed by atoms with Gasteiger partial charge in [0, 0.05) is 18.0 Å². The normalized spacial score (nSPS) is 18.1. The Labute approximate surface area is 159 Å². The van der Waals surface area contributed by atoms with Gasteiger partial charge >= 0.3 is 6.18 Å². The number of hydrogen-bond acceptors (Lipinski definition) is 4. The molecule has 8 heteroatoms. The van der Waals surface area contributed by atoms with E-state index in [1.165, 1.54) is 25.3 Å². The molecule has 28 heavy (non-hydrogen) atoms. The van der Waals surface area contributed by atoms with Gasteiger partial charge < -0.3 is 14.8 Å². The number of alkyl halides is 3. The number of nitrogens with one attached hydrogen (secondary N) is 1. The number of nitrogens with zero attached hydrogens (tertiary/aromatic N) is 1. The first-order valence-electron chi connectivity index (χ1n) is 8.49. The van der Waals surface area contributed by atoms with E-state index in [0.29, 0.717) is 29.0 Å². The second kappa shape index (κ2) is 7.80. The molecule has 146 valence electrons. The zero-order valence-electron chi connectivity index (χ0n) is 14.9. The predicted molar refractivity (Wildman–Crippen MR) is 93.9 cm³/mol. The van der Waals surface area contributed by atoms with E-state index in [2.05, 4.69) is 5.32 Å². The highest BCUT2D eigenvalue weighted by atomic mass is 19.4. The van der Waals surface area contributed by atoms with Gasteiger partial charge in [-0.15, -0.1) is 0 Å². The van der Waals surface area contributed by atoms with Crippen molar-refractivity contribution in [2.24, 2.45) is 0 Å². The standard InChI is InChI=1S/C20H17F3N2O3/c1-27-18-7-12(10-24)5-6-17(18)28-11-19(26)25-16-9-15(16)13-3-2-4-14(8-13)20(21,22)23/h2-8,15-16H,9,11H2,1H3,(H,25,26)/t15-,16+/m1/s1. The number of hydrogen-bond donors (Lipinski definition) is 1. The van der Waals surface area contributed by atoms with Crippen LogP contribution in [0.3, 0.4) is 0 Å². The maximum absolute atomic E-state index is 12.8. The maximum atomic E-state index is 12.8. The van der Waals surface area contributed by atoms with Crippen molar-refractivity contribution in [1.29, 1.82) is 5.26 Å². The van der Waals surface area contributed by atoms with E-state index in [9.17, 15) is 18.0 Å². The van der Waals surface area contributed by atoms with Crippen molar-refractivity contribution in [2.45, 2.75) is 24.6 Å². The molecule has 1 saturated carbocycles. The monoisotopic (exact) mass is 390 g/mol. The van der Waals surface area contributed by atoms with Crippen LogP contribution in [0, 0.1) is 11.3 Å². The van der Waals surface area contributed by atoms with Gasteiger partial charge in [-0.2, -0.15) is 18.4 Å². The third kappa shape index (κ3) is 4.55. The van der Waals surface area contributed by atoms with Crippen LogP contribution in [0.15, 0.2) is 42.5 Å². The number of benzene rings is 2. The molecule has 0 saturated heterocycles. The molecular weight excluding hydrogens is 373 g/mol. The van der Waals surface area contributed by atoms with Crippen molar-refractivity contribution in [3.63, 3.8) is 0 Å². The zero-order chi connectivity index (χ0) is 20.3. The lowest BCUT2D eigenvalue weighted by Gasteiger charge is -2.11. The lowest BCUT2D eigenvalue weighted by atomic mass is 10.1. The number of ether oxygens (including phenoxy) is 2. The minimum Gasteiger partial charge on any atom is -0.493 e. The Morgan fingerprint density at radius 2 is 2.04 bits per heavy atom. The smallest absolute Gasteiger partial charge is 0.416 e. The molecule has 0 bridgehead atoms. The molecule has 1 amide bonds. The number of rotatable bonds is 6. The molecule has 0 aliphatic heterocycles. The van der Waals surface area contributed by atoms with Crippen LogP contribution in [0.4, 0.5) is 13.2 Å². The minimum atomic E-state index is -4.39. The van der Waals surface area contributed by atoms with Crippen LogP contribution in [0.5, 0.6) is 11.5 Å². The number of carbonyl (C=O) groups excluding carboxylic acids is 1. The number of nitriles is 1. The van der Waals surface area contributed by atoms with Crippen molar-refractivity contribution in [1.82, 2.24) is 5.32 Å². The minimum absolute atomic E-state index is 0.143. The summed E-state index contributed by atoms with van der Waals surface area (Å²) < 4.78 is 49.0. The Morgan fingerprint density at radius 1 is 1.25 bits per heavy atom. The van der Waals surface area contributed by atoms with Crippen LogP contribution in [-0.4, -0.2) is 25.7 Å². The van der Waals surface area contributed by atoms with Crippen molar-refractivity contribution in [3.8, 4) is 17.6 Å². The number of amides is 1. The van der Waals surface area contributed by atoms with Gasteiger partial charge in [0.1, 0.15) is 0 Å². The number of halogens is 3. The topological polar surface area (TPSA) is 71.3 Å². The Kier molecular flexibility index (Phi) is 5.45. The summed E-state index contributed by atoms with van der Waals surface area (Å²) in [5.41, 5.74) is 0.253. The lowest BCUT2D eigenvalue weighted by molar-refractivity contribution is -0.137. The Hall–Kier alpha value is -3.21. The van der Waals surface area contributed by atoms with Crippen molar-refractivity contribution < 1.29 is 27.4 Å². The first-order valence-corrected chi connectivity index (χ1v) is 8.49. The molecule has 2 atom stereocenters. The van der Waals surface area contributed by atoms with E-state index >= 15 is 0 Å². The summed E-state index contributed by atoms with van der Waals surface area (Å²) in [6.45, 7) is -0.270. The average Bonchev–Trinajstić information content (AvgIpc) is 3.44. The van der Waals surface area contributed by atoms with Crippen molar-refractivity contribution in [3.05, 3.63) is 59.2 Å². The van der Waals surface area contributed by atoms with Gasteiger partial charge in [-0.3, -0.25) is 4.79 Å². The molecule has 0 unspecified atom stereocenters. The van der Waals surface area contributed by atoms with E-state index in [1.54, 1.807) is 12.1 Å². The van der Waals surface area contributed by atoms with Crippen molar-refractivity contribution in [2.75, 3.05) is 13.7 Å². The molecule has 1 aliphatic carbocycles. The molecule has 1 aliphatic rings. The second-order valence-corrected chi connectivity index (χ2v) is 6.41. The van der Waals surface area contributed by atoms with Gasteiger partial charge in [0.2, 0.25) is 0 Å². The molecule has 2 aromatic carbocycles. The Morgan fingerprint density at radius 3 is 2.71 bits per heavy atom. The third-order valence-corrected chi connectivity index (χ3v) is 4.43. The van der Waals surface area contributed by atoms with Gasteiger partial charge in [-0.25, -0.2) is 0 Å². The van der Waals surface area contributed by atoms with Gasteiger partial charge in [-0.05, 0) is 30.2 Å². The van der Waals surface area contributed by atoms with E-state index in [-0.39, 0.29) is 24.5 Å². The summed E-state index contributed by atoms with van der Waals surface area (Å²) in [6.07, 6.45) is -3.81. The molecule has 3 rings (SSSR count). The highest BCUT2D eigenvalue weighted by molar-refractivity contribution is 5.78. The number of carbonyl (C=O) groups is 1. The van der Waals surface area contributed by atoms with Gasteiger partial charge in [0.05, 0.1) is 24.3 Å². The zero-order valence-corrected chi connectivity index (χ0v) is 14.9. The lowest BCUT2D eigenvalue weighted by Crippen LogP contribution is -2.31. The molecule has 0 aromatic heterocycles. The molecule has 2 aromatic rings. The first-order chi connectivity index (χ1) is 13.3. The summed E-state index contributed by atoms with van der Waals surface area (Å²) in [4.78, 5) is 12.1. The molecule has 1 N–H and O–H groups in total. The molecule has 5 nitrogen and oxygen atoms in total. The van der Waals surface area contributed by atoms with Crippen LogP contribution in [0.1, 0.15) is 29.0 Å². The molecule has 0 heterocycles. The largest absolute Gasteiger partial charge is 0.493 e. The van der Waals surface area contributed by atoms with Crippen LogP contribution >= 0.6 is 0 Å². The highest BCUT2D eigenvalue weighted by Crippen LogP contribution is 2.42. The summed E-state index contributed by atoms with van der Waals surface area (Å²) in [5, 5.41) is 11.6. The van der Waals surface area contributed by atoms with Crippen LogP contribution < -0.4 is 14.8 Å². The summed E-state index contributed by atoms with van der Waals surface area (Å²) in [6, 6.07) is 11.5. The van der Waals surface area contributed by atoms with Gasteiger partial charge in [0.25, 0.3) is 5.91 Å². The first kappa shape index (κ1) is 19.5. The van der Waals surface area contributed by atoms with E-state index in [1.807, 2.05) is 6.07 Å². The number of methoxy groups -OCH3 is 1. The van der Waals surface area contributed by atoms with E-state index in [4.69, 9.17) is 14.7 Å². The van der Waals surface area contributed by atoms with E-state index in [0.717, 1.165) is 12.1 Å². The Balaban J connectivity index is 1.54. The maximum Gasteiger partial charge on any atom is 0.416 e. The van der Waals surface area contributed by atoms with Gasteiger partial charge in [0.15, 0.2) is 18.1 Å². The van der Waals surface area contributed by atoms with Gasteiger partial charge in [-0.1, -0.05) is 18.2 Å². The van der Waals surface area contributed by atoms with Crippen LogP contribution in [-0.2, 0) is 11.0 Å². The molecule has 1 fully saturated rings. The van der Waals surface area contributed by atoms with Crippen LogP contribution in [0.25, 0.3) is 0 Å². The third-order valence-electron chi connectivity index (χ3n) is 4.43. The fourth-order valence-corrected chi connectivity index (χ4v) is 2.92. The highest BCUT2D eigenvalue weighted by Gasteiger charge is 2.40.